The first kappa shape index (κ1) is 13.4. The summed E-state index contributed by atoms with van der Waals surface area (Å²) >= 11 is 0. The van der Waals surface area contributed by atoms with Crippen molar-refractivity contribution in [2.75, 3.05) is 0 Å². The number of benzene rings is 1. The third kappa shape index (κ3) is 2.92. The lowest BCUT2D eigenvalue weighted by Crippen LogP contribution is -2.17. The molecule has 17 heavy (non-hydrogen) atoms. The molecule has 1 aromatic carbocycles. The predicted molar refractivity (Wildman–Crippen MR) is 71.5 cm³/mol. The normalized spacial score (nSPS) is 14.9. The van der Waals surface area contributed by atoms with Gasteiger partial charge < -0.3 is 0 Å². The van der Waals surface area contributed by atoms with Crippen LogP contribution in [0.5, 0.6) is 0 Å². The lowest BCUT2D eigenvalue weighted by molar-refractivity contribution is 0.468. The number of nitrogens with zero attached hydrogens (tertiary/aromatic N) is 1. The number of allylic oxidation sites excluding steroid dienone is 2. The molecule has 1 rings (SSSR count). The van der Waals surface area contributed by atoms with Crippen molar-refractivity contribution >= 4 is 11.7 Å². The standard InChI is InChI=1S/C15H19NO/c1-5-12(3)13-8-7-9-14(10-13)15(4,6-2)16-11-17/h5,7-10H,6H2,1-4H3. The minimum absolute atomic E-state index is 0.466. The summed E-state index contributed by atoms with van der Waals surface area (Å²) in [6.07, 6.45) is 4.53. The molecule has 0 saturated heterocycles. The second-order valence-corrected chi connectivity index (χ2v) is 4.38. The van der Waals surface area contributed by atoms with Crippen LogP contribution in [0.15, 0.2) is 35.3 Å². The van der Waals surface area contributed by atoms with Crippen LogP contribution >= 0.6 is 0 Å². The highest BCUT2D eigenvalue weighted by Gasteiger charge is 2.23. The number of hydrogen-bond donors (Lipinski definition) is 0. The van der Waals surface area contributed by atoms with Crippen molar-refractivity contribution in [1.82, 2.24) is 0 Å². The lowest BCUT2D eigenvalue weighted by atomic mass is 9.88. The fourth-order valence-electron chi connectivity index (χ4n) is 1.71. The number of aliphatic imine (C=N–C) groups is 1. The van der Waals surface area contributed by atoms with Crippen LogP contribution in [0.2, 0.25) is 0 Å². The molecule has 0 aliphatic rings. The lowest BCUT2D eigenvalue weighted by Gasteiger charge is -2.22. The zero-order valence-electron chi connectivity index (χ0n) is 10.9. The summed E-state index contributed by atoms with van der Waals surface area (Å²) < 4.78 is 0. The molecule has 0 fully saturated rings. The van der Waals surface area contributed by atoms with Crippen LogP contribution in [0.4, 0.5) is 0 Å². The molecule has 0 heterocycles. The van der Waals surface area contributed by atoms with E-state index in [4.69, 9.17) is 0 Å². The Hall–Kier alpha value is -1.66. The molecule has 0 spiro atoms. The van der Waals surface area contributed by atoms with Crippen molar-refractivity contribution < 1.29 is 4.79 Å². The first-order valence-corrected chi connectivity index (χ1v) is 5.90. The van der Waals surface area contributed by atoms with E-state index < -0.39 is 5.54 Å². The quantitative estimate of drug-likeness (QED) is 0.565. The molecule has 2 nitrogen and oxygen atoms in total. The Morgan fingerprint density at radius 1 is 1.53 bits per heavy atom. The van der Waals surface area contributed by atoms with E-state index in [9.17, 15) is 4.79 Å². The zero-order valence-corrected chi connectivity index (χ0v) is 10.9. The van der Waals surface area contributed by atoms with Gasteiger partial charge in [0.05, 0.1) is 5.54 Å². The van der Waals surface area contributed by atoms with Gasteiger partial charge >= 0.3 is 0 Å². The first-order chi connectivity index (χ1) is 8.07. The van der Waals surface area contributed by atoms with Gasteiger partial charge in [0.2, 0.25) is 6.08 Å². The molecule has 1 unspecified atom stereocenters. The van der Waals surface area contributed by atoms with E-state index in [0.717, 1.165) is 12.0 Å². The third-order valence-electron chi connectivity index (χ3n) is 3.35. The molecular weight excluding hydrogens is 210 g/mol. The van der Waals surface area contributed by atoms with Gasteiger partial charge in [-0.2, -0.15) is 4.99 Å². The summed E-state index contributed by atoms with van der Waals surface area (Å²) in [5, 5.41) is 0. The predicted octanol–water partition coefficient (Wildman–Crippen LogP) is 4.07. The Morgan fingerprint density at radius 3 is 2.76 bits per heavy atom. The van der Waals surface area contributed by atoms with E-state index in [1.54, 1.807) is 6.08 Å². The maximum absolute atomic E-state index is 10.5. The number of hydrogen-bond acceptors (Lipinski definition) is 2. The Kier molecular flexibility index (Phi) is 4.42. The summed E-state index contributed by atoms with van der Waals surface area (Å²) in [6.45, 7) is 8.08. The average Bonchev–Trinajstić information content (AvgIpc) is 2.38. The van der Waals surface area contributed by atoms with Crippen molar-refractivity contribution in [3.05, 3.63) is 41.5 Å². The van der Waals surface area contributed by atoms with E-state index in [0.29, 0.717) is 0 Å². The Labute approximate surface area is 103 Å². The van der Waals surface area contributed by atoms with E-state index in [2.05, 4.69) is 30.1 Å². The van der Waals surface area contributed by atoms with Crippen LogP contribution in [-0.2, 0) is 10.3 Å². The van der Waals surface area contributed by atoms with Crippen LogP contribution in [-0.4, -0.2) is 6.08 Å². The Bertz CT molecular complexity index is 470. The second kappa shape index (κ2) is 5.60. The molecule has 0 bridgehead atoms. The highest BCUT2D eigenvalue weighted by Crippen LogP contribution is 2.30. The van der Waals surface area contributed by atoms with Crippen molar-refractivity contribution in [2.45, 2.75) is 39.7 Å². The van der Waals surface area contributed by atoms with Crippen LogP contribution in [0, 0.1) is 0 Å². The molecule has 90 valence electrons. The van der Waals surface area contributed by atoms with E-state index >= 15 is 0 Å². The molecule has 2 heteroatoms. The van der Waals surface area contributed by atoms with Gasteiger partial charge in [0.1, 0.15) is 0 Å². The van der Waals surface area contributed by atoms with E-state index in [1.165, 1.54) is 11.1 Å². The smallest absolute Gasteiger partial charge is 0.211 e. The topological polar surface area (TPSA) is 29.4 Å². The molecule has 1 aromatic rings. The Morgan fingerprint density at radius 2 is 2.24 bits per heavy atom. The maximum Gasteiger partial charge on any atom is 0.235 e. The maximum atomic E-state index is 10.5. The van der Waals surface area contributed by atoms with Gasteiger partial charge in [0, 0.05) is 0 Å². The summed E-state index contributed by atoms with van der Waals surface area (Å²) in [4.78, 5) is 14.5. The van der Waals surface area contributed by atoms with Crippen molar-refractivity contribution in [2.24, 2.45) is 4.99 Å². The summed E-state index contributed by atoms with van der Waals surface area (Å²) in [5.74, 6) is 0. The minimum atomic E-state index is -0.466. The fraction of sp³-hybridized carbons (Fsp3) is 0.400. The number of rotatable bonds is 4. The third-order valence-corrected chi connectivity index (χ3v) is 3.35. The monoisotopic (exact) mass is 229 g/mol. The molecule has 0 aliphatic heterocycles. The van der Waals surface area contributed by atoms with Gasteiger partial charge in [0.25, 0.3) is 0 Å². The largest absolute Gasteiger partial charge is 0.235 e. The second-order valence-electron chi connectivity index (χ2n) is 4.38. The molecule has 0 saturated carbocycles. The van der Waals surface area contributed by atoms with Gasteiger partial charge in [-0.1, -0.05) is 31.2 Å². The zero-order chi connectivity index (χ0) is 12.9. The molecule has 0 aromatic heterocycles. The van der Waals surface area contributed by atoms with Gasteiger partial charge in [-0.3, -0.25) is 0 Å². The van der Waals surface area contributed by atoms with Crippen LogP contribution in [0.3, 0.4) is 0 Å². The number of carbonyl (C=O) groups excluding carboxylic acids is 1. The van der Waals surface area contributed by atoms with Crippen molar-refractivity contribution in [3.8, 4) is 0 Å². The van der Waals surface area contributed by atoms with Gasteiger partial charge in [-0.25, -0.2) is 4.79 Å². The fourth-order valence-corrected chi connectivity index (χ4v) is 1.71. The molecule has 0 N–H and O–H groups in total. The highest BCUT2D eigenvalue weighted by atomic mass is 16.1. The van der Waals surface area contributed by atoms with Crippen LogP contribution < -0.4 is 0 Å². The summed E-state index contributed by atoms with van der Waals surface area (Å²) in [5.41, 5.74) is 2.99. The minimum Gasteiger partial charge on any atom is -0.211 e. The highest BCUT2D eigenvalue weighted by molar-refractivity contribution is 5.64. The van der Waals surface area contributed by atoms with E-state index in [1.807, 2.05) is 32.9 Å². The van der Waals surface area contributed by atoms with Gasteiger partial charge in [-0.15, -0.1) is 0 Å². The van der Waals surface area contributed by atoms with Crippen molar-refractivity contribution in [3.63, 3.8) is 0 Å². The molecule has 0 amide bonds. The molecular formula is C15H19NO. The molecule has 1 atom stereocenters. The van der Waals surface area contributed by atoms with Crippen molar-refractivity contribution in [1.29, 1.82) is 0 Å². The molecule has 0 radical (unpaired) electrons. The average molecular weight is 229 g/mol. The number of isocyanates is 1. The Balaban J connectivity index is 3.27. The summed E-state index contributed by atoms with van der Waals surface area (Å²) in [6, 6.07) is 8.18. The molecule has 0 aliphatic carbocycles. The first-order valence-electron chi connectivity index (χ1n) is 5.90. The van der Waals surface area contributed by atoms with Crippen LogP contribution in [0.1, 0.15) is 45.2 Å². The van der Waals surface area contributed by atoms with Gasteiger partial charge in [-0.05, 0) is 50.0 Å². The SMILES string of the molecule is CC=C(C)c1cccc(C(C)(CC)N=C=O)c1. The summed E-state index contributed by atoms with van der Waals surface area (Å²) in [7, 11) is 0. The van der Waals surface area contributed by atoms with Gasteiger partial charge in [0.15, 0.2) is 0 Å². The van der Waals surface area contributed by atoms with E-state index in [-0.39, 0.29) is 0 Å². The van der Waals surface area contributed by atoms with Crippen LogP contribution in [0.25, 0.3) is 5.57 Å².